The van der Waals surface area contributed by atoms with Crippen molar-refractivity contribution in [3.8, 4) is 17.1 Å². The summed E-state index contributed by atoms with van der Waals surface area (Å²) in [7, 11) is 0. The lowest BCUT2D eigenvalue weighted by atomic mass is 9.90. The summed E-state index contributed by atoms with van der Waals surface area (Å²) in [6, 6.07) is 22.1. The number of halogens is 3. The molecular weight excluding hydrogens is 691 g/mol. The van der Waals surface area contributed by atoms with Gasteiger partial charge in [0, 0.05) is 55.1 Å². The van der Waals surface area contributed by atoms with Crippen LogP contribution in [0.3, 0.4) is 0 Å². The van der Waals surface area contributed by atoms with Gasteiger partial charge in [-0.2, -0.15) is 13.2 Å². The molecule has 4 aromatic rings. The fourth-order valence-corrected chi connectivity index (χ4v) is 6.98. The third-order valence-electron chi connectivity index (χ3n) is 9.61. The number of benzene rings is 2. The Morgan fingerprint density at radius 2 is 1.81 bits per heavy atom. The number of nitrogens with one attached hydrogen (secondary N) is 2. The van der Waals surface area contributed by atoms with Gasteiger partial charge in [-0.3, -0.25) is 24.4 Å². The first-order valence-electron chi connectivity index (χ1n) is 17.7. The van der Waals surface area contributed by atoms with E-state index in [9.17, 15) is 33.0 Å². The van der Waals surface area contributed by atoms with Crippen LogP contribution in [0.1, 0.15) is 35.0 Å². The van der Waals surface area contributed by atoms with E-state index < -0.39 is 48.8 Å². The number of alkyl halides is 3. The highest BCUT2D eigenvalue weighted by Crippen LogP contribution is 2.33. The van der Waals surface area contributed by atoms with E-state index in [2.05, 4.69) is 10.3 Å². The van der Waals surface area contributed by atoms with Crippen LogP contribution < -0.4 is 15.4 Å². The van der Waals surface area contributed by atoms with Crippen molar-refractivity contribution in [3.05, 3.63) is 108 Å². The maximum absolute atomic E-state index is 13.9. The summed E-state index contributed by atoms with van der Waals surface area (Å²) < 4.78 is 51.1. The number of piperazine rings is 1. The van der Waals surface area contributed by atoms with E-state index in [0.29, 0.717) is 35.9 Å². The smallest absolute Gasteiger partial charge is 0.405 e. The molecule has 0 bridgehead atoms. The van der Waals surface area contributed by atoms with Crippen molar-refractivity contribution in [2.75, 3.05) is 39.3 Å². The van der Waals surface area contributed by atoms with Crippen molar-refractivity contribution in [1.29, 1.82) is 0 Å². The molecule has 1 fully saturated rings. The maximum Gasteiger partial charge on any atom is 0.405 e. The van der Waals surface area contributed by atoms with Gasteiger partial charge >= 0.3 is 6.18 Å². The molecule has 0 saturated carbocycles. The predicted molar refractivity (Wildman–Crippen MR) is 189 cm³/mol. The summed E-state index contributed by atoms with van der Waals surface area (Å²) in [5.74, 6) is -0.0744. The van der Waals surface area contributed by atoms with Gasteiger partial charge in [0.05, 0.1) is 18.7 Å². The van der Waals surface area contributed by atoms with Crippen molar-refractivity contribution in [2.24, 2.45) is 5.92 Å². The number of aryl methyl sites for hydroxylation is 1. The second kappa shape index (κ2) is 16.9. The predicted octanol–water partition coefficient (Wildman–Crippen LogP) is 4.04. The number of aromatic nitrogens is 1. The van der Waals surface area contributed by atoms with Crippen LogP contribution in [0.5, 0.6) is 5.75 Å². The topological polar surface area (TPSA) is 140 Å². The molecule has 2 aromatic carbocycles. The van der Waals surface area contributed by atoms with Crippen LogP contribution in [0.15, 0.2) is 89.5 Å². The molecule has 4 N–H and O–H groups in total. The van der Waals surface area contributed by atoms with Crippen molar-refractivity contribution >= 4 is 11.8 Å². The number of para-hydroxylation sites is 1. The molecule has 0 aliphatic carbocycles. The Labute approximate surface area is 305 Å². The summed E-state index contributed by atoms with van der Waals surface area (Å²) >= 11 is 0. The van der Waals surface area contributed by atoms with Crippen molar-refractivity contribution in [1.82, 2.24) is 25.4 Å². The highest BCUT2D eigenvalue weighted by atomic mass is 19.4. The Kier molecular flexibility index (Phi) is 12.1. The summed E-state index contributed by atoms with van der Waals surface area (Å²) in [4.78, 5) is 35.0. The molecule has 0 unspecified atom stereocenters. The number of aliphatic hydroxyl groups excluding tert-OH is 2. The summed E-state index contributed by atoms with van der Waals surface area (Å²) in [5.41, 5.74) is 3.20. The van der Waals surface area contributed by atoms with Gasteiger partial charge in [0.15, 0.2) is 0 Å². The van der Waals surface area contributed by atoms with E-state index in [1.165, 1.54) is 0 Å². The fraction of sp³-hybridized carbons (Fsp3) is 0.410. The van der Waals surface area contributed by atoms with Gasteiger partial charge in [-0.25, -0.2) is 0 Å². The molecule has 2 aliphatic rings. The van der Waals surface area contributed by atoms with E-state index in [0.717, 1.165) is 16.8 Å². The first-order chi connectivity index (χ1) is 25.4. The largest absolute Gasteiger partial charge is 0.490 e. The maximum atomic E-state index is 13.9. The molecule has 0 spiro atoms. The number of carbonyl (C=O) groups excluding carboxylic acids is 2. The minimum Gasteiger partial charge on any atom is -0.490 e. The number of rotatable bonds is 13. The highest BCUT2D eigenvalue weighted by Gasteiger charge is 2.38. The third kappa shape index (κ3) is 10.2. The lowest BCUT2D eigenvalue weighted by Gasteiger charge is -2.41. The standard InChI is InChI=1S/C39H44F3N5O6/c1-25-17-27(13-14-43-25)34-12-11-30(53-34)21-46-15-16-47(32(22-46)38(51)44-24-39(40,41)42)20-29(48)19-28(18-26-7-3-2-4-8-26)37(50)45-36-31-9-5-6-10-35(31)52-23-33(36)49/h2-14,17,28-29,32-33,36,48-49H,15-16,18-24H2,1H3,(H,44,51)(H,45,50)/t28-,29+,32+,33-,36+/m1/s1. The summed E-state index contributed by atoms with van der Waals surface area (Å²) in [6.07, 6.45) is -4.71. The van der Waals surface area contributed by atoms with Crippen molar-refractivity contribution in [2.45, 2.75) is 56.8 Å². The van der Waals surface area contributed by atoms with E-state index in [1.807, 2.05) is 71.7 Å². The average Bonchev–Trinajstić information content (AvgIpc) is 3.61. The van der Waals surface area contributed by atoms with Crippen molar-refractivity contribution in [3.63, 3.8) is 0 Å². The molecule has 2 amide bonds. The Hall–Kier alpha value is -4.76. The molecular formula is C39H44F3N5O6. The first kappa shape index (κ1) is 38.0. The number of amides is 2. The Bertz CT molecular complexity index is 1840. The number of nitrogens with zero attached hydrogens (tertiary/aromatic N) is 3. The average molecular weight is 736 g/mol. The van der Waals surface area contributed by atoms with Gasteiger partial charge in [0.1, 0.15) is 42.6 Å². The number of ether oxygens (including phenoxy) is 1. The van der Waals surface area contributed by atoms with Gasteiger partial charge in [-0.15, -0.1) is 0 Å². The van der Waals surface area contributed by atoms with E-state index in [1.54, 1.807) is 35.4 Å². The van der Waals surface area contributed by atoms with Gasteiger partial charge < -0.3 is 30.0 Å². The monoisotopic (exact) mass is 735 g/mol. The van der Waals surface area contributed by atoms with Crippen LogP contribution in [0.25, 0.3) is 11.3 Å². The van der Waals surface area contributed by atoms with Crippen LogP contribution >= 0.6 is 0 Å². The van der Waals surface area contributed by atoms with Crippen LogP contribution in [0.2, 0.25) is 0 Å². The number of fused-ring (bicyclic) bond motifs is 1. The quantitative estimate of drug-likeness (QED) is 0.160. The molecule has 0 radical (unpaired) electrons. The van der Waals surface area contributed by atoms with Crippen LogP contribution in [0, 0.1) is 12.8 Å². The molecule has 2 aromatic heterocycles. The minimum atomic E-state index is -4.60. The van der Waals surface area contributed by atoms with Gasteiger partial charge in [-0.1, -0.05) is 48.5 Å². The Morgan fingerprint density at radius 3 is 2.58 bits per heavy atom. The molecule has 2 aliphatic heterocycles. The summed E-state index contributed by atoms with van der Waals surface area (Å²) in [6.45, 7) is 1.50. The van der Waals surface area contributed by atoms with E-state index in [-0.39, 0.29) is 45.0 Å². The SMILES string of the molecule is Cc1cc(-c2ccc(CN3CCN(C[C@@H](O)C[C@@H](Cc4ccccc4)C(=O)N[C@H]4c5ccccc5OC[C@H]4O)[C@H](C(=O)NCC(F)(F)F)C3)o2)ccn1. The highest BCUT2D eigenvalue weighted by molar-refractivity contribution is 5.82. The molecule has 1 saturated heterocycles. The molecule has 53 heavy (non-hydrogen) atoms. The molecule has 282 valence electrons. The number of hydrogen-bond donors (Lipinski definition) is 4. The van der Waals surface area contributed by atoms with Gasteiger partial charge in [0.25, 0.3) is 0 Å². The first-order valence-corrected chi connectivity index (χ1v) is 17.7. The van der Waals surface area contributed by atoms with Crippen LogP contribution in [-0.4, -0.2) is 101 Å². The number of pyridine rings is 1. The van der Waals surface area contributed by atoms with E-state index >= 15 is 0 Å². The normalized spacial score (nSPS) is 20.5. The number of furan rings is 1. The minimum absolute atomic E-state index is 0.00243. The lowest BCUT2D eigenvalue weighted by Crippen LogP contribution is -2.60. The van der Waals surface area contributed by atoms with Crippen LogP contribution in [-0.2, 0) is 22.6 Å². The van der Waals surface area contributed by atoms with Crippen molar-refractivity contribution < 1.29 is 42.1 Å². The molecule has 6 rings (SSSR count). The number of β-amino-alcohol motifs (C(OH)–C–C–N with tert-alkyl or cyclic N) is 1. The number of carbonyl (C=O) groups is 2. The van der Waals surface area contributed by atoms with E-state index in [4.69, 9.17) is 9.15 Å². The second-order valence-electron chi connectivity index (χ2n) is 13.7. The zero-order valence-corrected chi connectivity index (χ0v) is 29.3. The third-order valence-corrected chi connectivity index (χ3v) is 9.61. The molecule has 14 heteroatoms. The van der Waals surface area contributed by atoms with Gasteiger partial charge in [0.2, 0.25) is 11.8 Å². The molecule has 5 atom stereocenters. The van der Waals surface area contributed by atoms with Crippen LogP contribution in [0.4, 0.5) is 13.2 Å². The Morgan fingerprint density at radius 1 is 1.04 bits per heavy atom. The second-order valence-corrected chi connectivity index (χ2v) is 13.7. The fourth-order valence-electron chi connectivity index (χ4n) is 6.98. The Balaban J connectivity index is 1.15. The lowest BCUT2D eigenvalue weighted by molar-refractivity contribution is -0.143. The zero-order valence-electron chi connectivity index (χ0n) is 29.3. The van der Waals surface area contributed by atoms with Gasteiger partial charge in [-0.05, 0) is 55.7 Å². The molecule has 4 heterocycles. The zero-order chi connectivity index (χ0) is 37.5. The number of hydrogen-bond acceptors (Lipinski definition) is 9. The summed E-state index contributed by atoms with van der Waals surface area (Å²) in [5, 5.41) is 27.2. The number of aliphatic hydroxyl groups is 2. The molecule has 11 nitrogen and oxygen atoms in total.